The number of rotatable bonds is 1. The highest BCUT2D eigenvalue weighted by Crippen LogP contribution is 2.64. The van der Waals surface area contributed by atoms with Crippen molar-refractivity contribution in [1.29, 1.82) is 0 Å². The van der Waals surface area contributed by atoms with Crippen molar-refractivity contribution in [3.8, 4) is 0 Å². The van der Waals surface area contributed by atoms with E-state index in [-0.39, 0.29) is 0 Å². The largest absolute Gasteiger partial charge is 0.342 e. The summed E-state index contributed by atoms with van der Waals surface area (Å²) >= 11 is 3.53. The van der Waals surface area contributed by atoms with Gasteiger partial charge >= 0.3 is 0 Å². The van der Waals surface area contributed by atoms with Crippen molar-refractivity contribution in [2.75, 3.05) is 0 Å². The lowest BCUT2D eigenvalue weighted by Crippen LogP contribution is -2.00. The van der Waals surface area contributed by atoms with E-state index in [1.165, 1.54) is 18.7 Å². The fraction of sp³-hybridized carbons (Fsp3) is 0.278. The van der Waals surface area contributed by atoms with Gasteiger partial charge in [-0.2, -0.15) is 0 Å². The molecular weight excluding hydrogens is 324 g/mol. The zero-order chi connectivity index (χ0) is 14.0. The first-order chi connectivity index (χ1) is 10.3. The number of hydrogen-bond donors (Lipinski definition) is 1. The Morgan fingerprint density at radius 3 is 2.95 bits per heavy atom. The van der Waals surface area contributed by atoms with E-state index in [1.54, 1.807) is 11.1 Å². The number of fused-ring (bicyclic) bond motifs is 4. The highest BCUT2D eigenvalue weighted by Gasteiger charge is 2.55. The van der Waals surface area contributed by atoms with E-state index in [0.717, 1.165) is 21.4 Å². The third kappa shape index (κ3) is 1.73. The van der Waals surface area contributed by atoms with Crippen LogP contribution < -0.4 is 0 Å². The summed E-state index contributed by atoms with van der Waals surface area (Å²) in [7, 11) is 0. The van der Waals surface area contributed by atoms with Crippen LogP contribution in [0.4, 0.5) is 0 Å². The molecule has 1 fully saturated rings. The van der Waals surface area contributed by atoms with Gasteiger partial charge in [-0.1, -0.05) is 40.2 Å². The molecule has 5 rings (SSSR count). The first kappa shape index (κ1) is 12.0. The molecule has 1 N–H and O–H groups in total. The van der Waals surface area contributed by atoms with Gasteiger partial charge in [-0.25, -0.2) is 4.98 Å². The first-order valence-corrected chi connectivity index (χ1v) is 8.33. The van der Waals surface area contributed by atoms with Crippen LogP contribution in [-0.4, -0.2) is 9.97 Å². The van der Waals surface area contributed by atoms with Crippen molar-refractivity contribution < 1.29 is 0 Å². The van der Waals surface area contributed by atoms with E-state index < -0.39 is 0 Å². The second-order valence-corrected chi connectivity index (χ2v) is 7.15. The van der Waals surface area contributed by atoms with Crippen LogP contribution in [0.15, 0.2) is 46.9 Å². The number of aromatic nitrogens is 2. The quantitative estimate of drug-likeness (QED) is 0.680. The molecule has 1 heterocycles. The molecule has 2 nitrogen and oxygen atoms in total. The number of H-pyrrole nitrogens is 1. The van der Waals surface area contributed by atoms with Crippen LogP contribution in [0, 0.1) is 5.92 Å². The molecular formula is C18H15BrN2. The molecule has 0 amide bonds. The van der Waals surface area contributed by atoms with Crippen LogP contribution in [-0.2, 0) is 6.42 Å². The Morgan fingerprint density at radius 1 is 1.10 bits per heavy atom. The Balaban J connectivity index is 1.57. The van der Waals surface area contributed by atoms with Crippen molar-refractivity contribution in [3.05, 3.63) is 63.9 Å². The number of nitrogens with zero attached hydrogens (tertiary/aromatic N) is 1. The summed E-state index contributed by atoms with van der Waals surface area (Å²) in [4.78, 5) is 8.38. The lowest BCUT2D eigenvalue weighted by Gasteiger charge is -2.13. The topological polar surface area (TPSA) is 28.7 Å². The molecule has 0 radical (unpaired) electrons. The molecule has 0 aliphatic heterocycles. The van der Waals surface area contributed by atoms with E-state index in [1.807, 2.05) is 0 Å². The highest BCUT2D eigenvalue weighted by atomic mass is 79.9. The van der Waals surface area contributed by atoms with Crippen LogP contribution in [0.5, 0.6) is 0 Å². The molecule has 0 saturated heterocycles. The Hall–Kier alpha value is -1.61. The van der Waals surface area contributed by atoms with Gasteiger partial charge in [0.25, 0.3) is 0 Å². The van der Waals surface area contributed by atoms with Crippen molar-refractivity contribution in [1.82, 2.24) is 9.97 Å². The molecule has 0 bridgehead atoms. The summed E-state index contributed by atoms with van der Waals surface area (Å²) in [6.07, 6.45) is 2.52. The molecule has 3 aromatic rings. The average Bonchev–Trinajstić information content (AvgIpc) is 3.11. The van der Waals surface area contributed by atoms with E-state index in [9.17, 15) is 0 Å². The number of hydrogen-bond acceptors (Lipinski definition) is 1. The Labute approximate surface area is 131 Å². The minimum atomic E-state index is 0.583. The summed E-state index contributed by atoms with van der Waals surface area (Å²) in [6, 6.07) is 15.2. The highest BCUT2D eigenvalue weighted by molar-refractivity contribution is 9.10. The molecule has 3 atom stereocenters. The van der Waals surface area contributed by atoms with Crippen molar-refractivity contribution in [2.45, 2.75) is 24.7 Å². The Kier molecular flexibility index (Phi) is 2.40. The minimum Gasteiger partial charge on any atom is -0.342 e. The fourth-order valence-corrected chi connectivity index (χ4v) is 4.46. The summed E-state index contributed by atoms with van der Waals surface area (Å²) in [5.74, 6) is 3.22. The second-order valence-electron chi connectivity index (χ2n) is 6.24. The average molecular weight is 339 g/mol. The van der Waals surface area contributed by atoms with Crippen molar-refractivity contribution in [3.63, 3.8) is 0 Å². The van der Waals surface area contributed by atoms with Gasteiger partial charge < -0.3 is 4.98 Å². The zero-order valence-corrected chi connectivity index (χ0v) is 13.1. The molecule has 3 heteroatoms. The normalized spacial score (nSPS) is 26.4. The van der Waals surface area contributed by atoms with Crippen LogP contribution >= 0.6 is 15.9 Å². The number of halogens is 1. The minimum absolute atomic E-state index is 0.583. The van der Waals surface area contributed by atoms with Gasteiger partial charge in [-0.05, 0) is 54.0 Å². The maximum Gasteiger partial charge on any atom is 0.111 e. The van der Waals surface area contributed by atoms with Crippen molar-refractivity contribution >= 4 is 27.0 Å². The van der Waals surface area contributed by atoms with Gasteiger partial charge in [-0.3, -0.25) is 0 Å². The van der Waals surface area contributed by atoms with Gasteiger partial charge in [0.05, 0.1) is 11.0 Å². The summed E-state index contributed by atoms with van der Waals surface area (Å²) in [6.45, 7) is 0. The van der Waals surface area contributed by atoms with Crippen LogP contribution in [0.3, 0.4) is 0 Å². The smallest absolute Gasteiger partial charge is 0.111 e. The third-order valence-corrected chi connectivity index (χ3v) is 5.60. The summed E-state index contributed by atoms with van der Waals surface area (Å²) in [5, 5.41) is 0. The lowest BCUT2D eigenvalue weighted by atomic mass is 9.92. The monoisotopic (exact) mass is 338 g/mol. The molecule has 1 aromatic heterocycles. The standard InChI is InChI=1S/C18H15BrN2/c19-11-6-8-14-15(9-11)21-18(20-14)17-13-7-5-10-3-1-2-4-12(10)16(13)17/h1-4,6,8-9,13,16-17H,5,7H2,(H,20,21). The predicted molar refractivity (Wildman–Crippen MR) is 87.5 cm³/mol. The van der Waals surface area contributed by atoms with Gasteiger partial charge in [0.15, 0.2) is 0 Å². The molecule has 2 aromatic carbocycles. The van der Waals surface area contributed by atoms with Crippen LogP contribution in [0.1, 0.15) is 35.2 Å². The molecule has 3 unspecified atom stereocenters. The van der Waals surface area contributed by atoms with Gasteiger partial charge in [0, 0.05) is 10.4 Å². The van der Waals surface area contributed by atoms with E-state index in [4.69, 9.17) is 4.98 Å². The van der Waals surface area contributed by atoms with Gasteiger partial charge in [0.2, 0.25) is 0 Å². The number of benzene rings is 2. The first-order valence-electron chi connectivity index (χ1n) is 7.54. The van der Waals surface area contributed by atoms with Gasteiger partial charge in [0.1, 0.15) is 5.82 Å². The third-order valence-electron chi connectivity index (χ3n) is 5.11. The molecule has 2 aliphatic carbocycles. The molecule has 0 spiro atoms. The summed E-state index contributed by atoms with van der Waals surface area (Å²) in [5.41, 5.74) is 5.31. The predicted octanol–water partition coefficient (Wildman–Crippen LogP) is 4.77. The number of aryl methyl sites for hydroxylation is 1. The molecule has 2 aliphatic rings. The number of imidazole rings is 1. The number of nitrogens with one attached hydrogen (secondary N) is 1. The Bertz CT molecular complexity index is 851. The molecule has 1 saturated carbocycles. The maximum atomic E-state index is 4.84. The number of aromatic amines is 1. The zero-order valence-electron chi connectivity index (χ0n) is 11.5. The van der Waals surface area contributed by atoms with Crippen LogP contribution in [0.25, 0.3) is 11.0 Å². The van der Waals surface area contributed by atoms with Gasteiger partial charge in [-0.15, -0.1) is 0 Å². The lowest BCUT2D eigenvalue weighted by molar-refractivity contribution is 0.655. The van der Waals surface area contributed by atoms with Crippen molar-refractivity contribution in [2.24, 2.45) is 5.92 Å². The van der Waals surface area contributed by atoms with E-state index in [0.29, 0.717) is 11.8 Å². The Morgan fingerprint density at radius 2 is 2.00 bits per heavy atom. The molecule has 104 valence electrons. The summed E-state index contributed by atoms with van der Waals surface area (Å²) < 4.78 is 1.10. The SMILES string of the molecule is Brc1ccc2nc(C3C4CCc5ccccc5C43)[nH]c2c1. The fourth-order valence-electron chi connectivity index (χ4n) is 4.10. The molecule has 21 heavy (non-hydrogen) atoms. The second kappa shape index (κ2) is 4.20. The van der Waals surface area contributed by atoms with Crippen LogP contribution in [0.2, 0.25) is 0 Å². The van der Waals surface area contributed by atoms with E-state index >= 15 is 0 Å². The van der Waals surface area contributed by atoms with E-state index in [2.05, 4.69) is 63.4 Å². The maximum absolute atomic E-state index is 4.84.